The molecule has 8 heteroatoms. The highest BCUT2D eigenvalue weighted by atomic mass is 127. The van der Waals surface area contributed by atoms with E-state index in [0.29, 0.717) is 24.5 Å². The normalized spacial score (nSPS) is 15.2. The molecule has 3 rings (SSSR count). The van der Waals surface area contributed by atoms with E-state index in [0.717, 1.165) is 50.2 Å². The van der Waals surface area contributed by atoms with Gasteiger partial charge in [-0.1, -0.05) is 48.9 Å². The van der Waals surface area contributed by atoms with Gasteiger partial charge in [0.25, 0.3) is 0 Å². The number of halogens is 1. The van der Waals surface area contributed by atoms with Crippen LogP contribution in [0.4, 0.5) is 0 Å². The molecule has 0 amide bonds. The Bertz CT molecular complexity index is 912. The number of benzene rings is 2. The van der Waals surface area contributed by atoms with Crippen LogP contribution in [0.25, 0.3) is 0 Å². The fraction of sp³-hybridized carbons (Fsp3) is 0.435. The van der Waals surface area contributed by atoms with Gasteiger partial charge < -0.3 is 10.6 Å². The smallest absolute Gasteiger partial charge is 0.243 e. The van der Waals surface area contributed by atoms with Crippen LogP contribution in [0, 0.1) is 0 Å². The first-order valence-corrected chi connectivity index (χ1v) is 12.1. The number of nitrogens with zero attached hydrogens (tertiary/aromatic N) is 2. The van der Waals surface area contributed by atoms with E-state index in [-0.39, 0.29) is 24.0 Å². The maximum atomic E-state index is 12.7. The van der Waals surface area contributed by atoms with Crippen LogP contribution >= 0.6 is 24.0 Å². The van der Waals surface area contributed by atoms with Crippen LogP contribution < -0.4 is 10.6 Å². The molecule has 2 N–H and O–H groups in total. The van der Waals surface area contributed by atoms with Crippen molar-refractivity contribution in [2.24, 2.45) is 4.99 Å². The van der Waals surface area contributed by atoms with Gasteiger partial charge in [0.1, 0.15) is 0 Å². The molecule has 0 spiro atoms. The summed E-state index contributed by atoms with van der Waals surface area (Å²) in [5, 5.41) is 6.61. The van der Waals surface area contributed by atoms with E-state index in [1.54, 1.807) is 23.5 Å². The Labute approximate surface area is 203 Å². The van der Waals surface area contributed by atoms with Crippen molar-refractivity contribution < 1.29 is 8.42 Å². The number of sulfonamides is 1. The van der Waals surface area contributed by atoms with Crippen molar-refractivity contribution >= 4 is 40.0 Å². The highest BCUT2D eigenvalue weighted by Gasteiger charge is 2.25. The van der Waals surface area contributed by atoms with Crippen molar-refractivity contribution in [3.05, 3.63) is 65.7 Å². The predicted molar refractivity (Wildman–Crippen MR) is 137 cm³/mol. The number of hydrogen-bond acceptors (Lipinski definition) is 3. The number of guanidine groups is 1. The third-order valence-corrected chi connectivity index (χ3v) is 7.25. The molecule has 2 aromatic carbocycles. The summed E-state index contributed by atoms with van der Waals surface area (Å²) in [5.74, 6) is 0.744. The van der Waals surface area contributed by atoms with Crippen LogP contribution in [0.1, 0.15) is 36.8 Å². The lowest BCUT2D eigenvalue weighted by Gasteiger charge is -2.25. The molecule has 0 unspecified atom stereocenters. The average Bonchev–Trinajstić information content (AvgIpc) is 2.80. The summed E-state index contributed by atoms with van der Waals surface area (Å²) in [6.07, 6.45) is 5.04. The summed E-state index contributed by atoms with van der Waals surface area (Å²) in [6, 6.07) is 17.6. The Balaban J connectivity index is 0.00000341. The van der Waals surface area contributed by atoms with Crippen LogP contribution in [0.2, 0.25) is 0 Å². The fourth-order valence-electron chi connectivity index (χ4n) is 3.58. The summed E-state index contributed by atoms with van der Waals surface area (Å²) in [5.41, 5.74) is 2.35. The van der Waals surface area contributed by atoms with E-state index in [1.165, 1.54) is 5.56 Å². The summed E-state index contributed by atoms with van der Waals surface area (Å²) >= 11 is 0. The Morgan fingerprint density at radius 3 is 2.26 bits per heavy atom. The molecule has 0 aromatic heterocycles. The molecule has 0 bridgehead atoms. The van der Waals surface area contributed by atoms with Crippen molar-refractivity contribution in [2.75, 3.05) is 26.7 Å². The van der Waals surface area contributed by atoms with Gasteiger partial charge in [-0.2, -0.15) is 4.31 Å². The van der Waals surface area contributed by atoms with Crippen LogP contribution in [0.3, 0.4) is 0 Å². The van der Waals surface area contributed by atoms with E-state index >= 15 is 0 Å². The largest absolute Gasteiger partial charge is 0.356 e. The Morgan fingerprint density at radius 2 is 1.61 bits per heavy atom. The molecule has 1 aliphatic heterocycles. The molecule has 0 saturated carbocycles. The lowest BCUT2D eigenvalue weighted by Crippen LogP contribution is -2.37. The number of piperidine rings is 1. The number of hydrogen-bond donors (Lipinski definition) is 2. The van der Waals surface area contributed by atoms with Crippen molar-refractivity contribution in [3.63, 3.8) is 0 Å². The highest BCUT2D eigenvalue weighted by Crippen LogP contribution is 2.20. The van der Waals surface area contributed by atoms with Gasteiger partial charge in [-0.3, -0.25) is 4.99 Å². The maximum Gasteiger partial charge on any atom is 0.243 e. The lowest BCUT2D eigenvalue weighted by molar-refractivity contribution is 0.346. The number of rotatable bonds is 8. The quantitative estimate of drug-likeness (QED) is 0.225. The Kier molecular flexibility index (Phi) is 10.8. The first-order valence-electron chi connectivity index (χ1n) is 10.7. The van der Waals surface area contributed by atoms with E-state index in [2.05, 4.69) is 39.9 Å². The van der Waals surface area contributed by atoms with Crippen LogP contribution in [-0.4, -0.2) is 45.4 Å². The van der Waals surface area contributed by atoms with Gasteiger partial charge in [0.05, 0.1) is 4.90 Å². The van der Waals surface area contributed by atoms with Crippen LogP contribution in [0.5, 0.6) is 0 Å². The topological polar surface area (TPSA) is 73.8 Å². The van der Waals surface area contributed by atoms with Gasteiger partial charge in [-0.25, -0.2) is 8.42 Å². The zero-order chi connectivity index (χ0) is 21.2. The van der Waals surface area contributed by atoms with Gasteiger partial charge in [-0.05, 0) is 48.9 Å². The monoisotopic (exact) mass is 556 g/mol. The highest BCUT2D eigenvalue weighted by molar-refractivity contribution is 14.0. The second-order valence-electron chi connectivity index (χ2n) is 7.55. The van der Waals surface area contributed by atoms with Crippen molar-refractivity contribution in [3.8, 4) is 0 Å². The summed E-state index contributed by atoms with van der Waals surface area (Å²) in [6.45, 7) is 2.67. The molecular weight excluding hydrogens is 523 g/mol. The molecule has 0 radical (unpaired) electrons. The fourth-order valence-corrected chi connectivity index (χ4v) is 5.10. The number of aryl methyl sites for hydroxylation is 1. The number of aliphatic imine (C=N–C) groups is 1. The van der Waals surface area contributed by atoms with E-state index in [9.17, 15) is 8.42 Å². The molecule has 1 saturated heterocycles. The molecule has 0 atom stereocenters. The molecule has 1 fully saturated rings. The van der Waals surface area contributed by atoms with Gasteiger partial charge >= 0.3 is 0 Å². The second kappa shape index (κ2) is 13.0. The second-order valence-corrected chi connectivity index (χ2v) is 9.49. The number of nitrogens with one attached hydrogen (secondary N) is 2. The van der Waals surface area contributed by atoms with Crippen molar-refractivity contribution in [1.82, 2.24) is 14.9 Å². The molecule has 6 nitrogen and oxygen atoms in total. The minimum Gasteiger partial charge on any atom is -0.356 e. The Hall–Kier alpha value is -1.65. The molecule has 170 valence electrons. The predicted octanol–water partition coefficient (Wildman–Crippen LogP) is 3.78. The first kappa shape index (κ1) is 25.6. The minimum atomic E-state index is -3.38. The van der Waals surface area contributed by atoms with Crippen molar-refractivity contribution in [1.29, 1.82) is 0 Å². The molecule has 31 heavy (non-hydrogen) atoms. The molecule has 0 aliphatic carbocycles. The SMILES string of the molecule is CN=C(NCCCc1ccccc1)NCc1ccc(S(=O)(=O)N2CCCCC2)cc1.I. The molecule has 2 aromatic rings. The third kappa shape index (κ3) is 7.76. The van der Waals surface area contributed by atoms with Crippen LogP contribution in [-0.2, 0) is 23.0 Å². The van der Waals surface area contributed by atoms with E-state index < -0.39 is 10.0 Å². The standard InChI is InChI=1S/C23H32N4O2S.HI/c1-24-23(25-16-8-11-20-9-4-2-5-10-20)26-19-21-12-14-22(15-13-21)30(28,29)27-17-6-3-7-18-27;/h2,4-5,9-10,12-15H,3,6-8,11,16-19H2,1H3,(H2,24,25,26);1H. The van der Waals surface area contributed by atoms with Gasteiger partial charge in [0, 0.05) is 33.2 Å². The van der Waals surface area contributed by atoms with Crippen molar-refractivity contribution in [2.45, 2.75) is 43.5 Å². The molecule has 1 heterocycles. The van der Waals surface area contributed by atoms with Gasteiger partial charge in [-0.15, -0.1) is 24.0 Å². The summed E-state index contributed by atoms with van der Waals surface area (Å²) in [7, 11) is -1.62. The molecular formula is C23H33IN4O2S. The lowest BCUT2D eigenvalue weighted by atomic mass is 10.1. The maximum absolute atomic E-state index is 12.7. The molecule has 1 aliphatic rings. The van der Waals surface area contributed by atoms with E-state index in [1.807, 2.05) is 18.2 Å². The minimum absolute atomic E-state index is 0. The van der Waals surface area contributed by atoms with Gasteiger partial charge in [0.2, 0.25) is 10.0 Å². The summed E-state index contributed by atoms with van der Waals surface area (Å²) < 4.78 is 27.1. The third-order valence-electron chi connectivity index (χ3n) is 5.34. The van der Waals surface area contributed by atoms with E-state index in [4.69, 9.17) is 0 Å². The van der Waals surface area contributed by atoms with Gasteiger partial charge in [0.15, 0.2) is 5.96 Å². The Morgan fingerprint density at radius 1 is 0.935 bits per heavy atom. The first-order chi connectivity index (χ1) is 14.6. The zero-order valence-electron chi connectivity index (χ0n) is 18.1. The average molecular weight is 557 g/mol. The summed E-state index contributed by atoms with van der Waals surface area (Å²) in [4.78, 5) is 4.63. The zero-order valence-corrected chi connectivity index (χ0v) is 21.2. The van der Waals surface area contributed by atoms with Crippen LogP contribution in [0.15, 0.2) is 64.5 Å².